The molecule has 0 radical (unpaired) electrons. The van der Waals surface area contributed by atoms with Crippen molar-refractivity contribution < 1.29 is 4.74 Å². The summed E-state index contributed by atoms with van der Waals surface area (Å²) in [7, 11) is 0. The number of piperidine rings is 1. The predicted molar refractivity (Wildman–Crippen MR) is 38.5 cm³/mol. The van der Waals surface area contributed by atoms with E-state index in [1.54, 1.807) is 0 Å². The minimum Gasteiger partial charge on any atom is -0.351 e. The van der Waals surface area contributed by atoms with Crippen LogP contribution in [-0.2, 0) is 4.74 Å². The van der Waals surface area contributed by atoms with Crippen LogP contribution in [0.15, 0.2) is 0 Å². The van der Waals surface area contributed by atoms with Crippen LogP contribution in [0, 0.1) is 0 Å². The number of hydrogen-bond acceptors (Lipinski definition) is 3. The van der Waals surface area contributed by atoms with Crippen LogP contribution in [0.4, 0.5) is 0 Å². The van der Waals surface area contributed by atoms with Crippen molar-refractivity contribution in [2.75, 3.05) is 26.6 Å². The van der Waals surface area contributed by atoms with Gasteiger partial charge in [-0.1, -0.05) is 0 Å². The van der Waals surface area contributed by atoms with Gasteiger partial charge in [0.25, 0.3) is 0 Å². The van der Waals surface area contributed by atoms with Gasteiger partial charge in [-0.05, 0) is 25.9 Å². The van der Waals surface area contributed by atoms with Crippen molar-refractivity contribution in [3.8, 4) is 0 Å². The molecule has 0 aromatic rings. The molecule has 3 heteroatoms. The Hall–Kier alpha value is -0.120. The molecular formula is C7H14N2O. The summed E-state index contributed by atoms with van der Waals surface area (Å²) in [5.74, 6) is 0. The van der Waals surface area contributed by atoms with E-state index in [1.807, 2.05) is 0 Å². The van der Waals surface area contributed by atoms with E-state index >= 15 is 0 Å². The molecule has 2 aliphatic rings. The molecular weight excluding hydrogens is 128 g/mol. The average molecular weight is 142 g/mol. The summed E-state index contributed by atoms with van der Waals surface area (Å²) in [4.78, 5) is 2.40. The van der Waals surface area contributed by atoms with Gasteiger partial charge >= 0.3 is 0 Å². The summed E-state index contributed by atoms with van der Waals surface area (Å²) in [5, 5.41) is 3.35. The normalized spacial score (nSPS) is 30.0. The lowest BCUT2D eigenvalue weighted by Gasteiger charge is -2.39. The van der Waals surface area contributed by atoms with Crippen molar-refractivity contribution in [3.05, 3.63) is 0 Å². The minimum absolute atomic E-state index is 0.801. The van der Waals surface area contributed by atoms with Gasteiger partial charge < -0.3 is 10.1 Å². The van der Waals surface area contributed by atoms with Crippen LogP contribution in [-0.4, -0.2) is 37.5 Å². The molecule has 0 atom stereocenters. The summed E-state index contributed by atoms with van der Waals surface area (Å²) in [5.41, 5.74) is 0. The van der Waals surface area contributed by atoms with Gasteiger partial charge in [-0.2, -0.15) is 0 Å². The van der Waals surface area contributed by atoms with Crippen molar-refractivity contribution in [1.29, 1.82) is 0 Å². The van der Waals surface area contributed by atoms with E-state index in [2.05, 4.69) is 10.2 Å². The van der Waals surface area contributed by atoms with Crippen LogP contribution < -0.4 is 5.32 Å². The first-order valence-corrected chi connectivity index (χ1v) is 3.99. The highest BCUT2D eigenvalue weighted by Gasteiger charge is 2.25. The zero-order valence-electron chi connectivity index (χ0n) is 6.18. The Morgan fingerprint density at radius 1 is 1.20 bits per heavy atom. The fourth-order valence-electron chi connectivity index (χ4n) is 1.58. The largest absolute Gasteiger partial charge is 0.351 e. The van der Waals surface area contributed by atoms with Crippen molar-refractivity contribution in [3.63, 3.8) is 0 Å². The van der Waals surface area contributed by atoms with Crippen LogP contribution >= 0.6 is 0 Å². The molecule has 0 bridgehead atoms. The summed E-state index contributed by atoms with van der Waals surface area (Å²) in [6, 6.07) is 0.801. The highest BCUT2D eigenvalue weighted by Crippen LogP contribution is 2.15. The van der Waals surface area contributed by atoms with Gasteiger partial charge in [0, 0.05) is 6.04 Å². The first-order chi connectivity index (χ1) is 4.97. The van der Waals surface area contributed by atoms with Gasteiger partial charge in [-0.25, -0.2) is 0 Å². The molecule has 2 aliphatic heterocycles. The smallest absolute Gasteiger partial charge is 0.103 e. The Kier molecular flexibility index (Phi) is 1.88. The first kappa shape index (κ1) is 6.58. The van der Waals surface area contributed by atoms with Crippen LogP contribution in [0.3, 0.4) is 0 Å². The summed E-state index contributed by atoms with van der Waals surface area (Å²) < 4.78 is 5.09. The molecule has 58 valence electrons. The van der Waals surface area contributed by atoms with Gasteiger partial charge in [0.05, 0.1) is 0 Å². The summed E-state index contributed by atoms with van der Waals surface area (Å²) in [6.45, 7) is 4.09. The number of nitrogens with one attached hydrogen (secondary N) is 1. The maximum absolute atomic E-state index is 5.09. The third-order valence-corrected chi connectivity index (χ3v) is 2.34. The van der Waals surface area contributed by atoms with Crippen LogP contribution in [0.5, 0.6) is 0 Å². The van der Waals surface area contributed by atoms with Crippen molar-refractivity contribution >= 4 is 0 Å². The molecule has 0 unspecified atom stereocenters. The van der Waals surface area contributed by atoms with E-state index in [0.29, 0.717) is 0 Å². The molecule has 0 aliphatic carbocycles. The van der Waals surface area contributed by atoms with E-state index in [9.17, 15) is 0 Å². The lowest BCUT2D eigenvalue weighted by molar-refractivity contribution is -0.168. The molecule has 0 amide bonds. The fraction of sp³-hybridized carbons (Fsp3) is 1.00. The van der Waals surface area contributed by atoms with E-state index in [4.69, 9.17) is 4.74 Å². The second-order valence-corrected chi connectivity index (χ2v) is 3.03. The van der Waals surface area contributed by atoms with Crippen molar-refractivity contribution in [2.24, 2.45) is 0 Å². The Labute approximate surface area is 61.3 Å². The van der Waals surface area contributed by atoms with E-state index < -0.39 is 0 Å². The second-order valence-electron chi connectivity index (χ2n) is 3.03. The lowest BCUT2D eigenvalue weighted by atomic mass is 10.1. The topological polar surface area (TPSA) is 24.5 Å². The molecule has 0 spiro atoms. The molecule has 2 heterocycles. The first-order valence-electron chi connectivity index (χ1n) is 3.99. The monoisotopic (exact) mass is 142 g/mol. The molecule has 10 heavy (non-hydrogen) atoms. The zero-order chi connectivity index (χ0) is 6.81. The third-order valence-electron chi connectivity index (χ3n) is 2.34. The highest BCUT2D eigenvalue weighted by molar-refractivity contribution is 4.76. The Bertz CT molecular complexity index is 108. The zero-order valence-corrected chi connectivity index (χ0v) is 6.18. The van der Waals surface area contributed by atoms with Gasteiger partial charge in [0.2, 0.25) is 0 Å². The molecule has 0 aromatic carbocycles. The number of nitrogens with zero attached hydrogens (tertiary/aromatic N) is 1. The van der Waals surface area contributed by atoms with Crippen molar-refractivity contribution in [2.45, 2.75) is 18.9 Å². The average Bonchev–Trinajstić information content (AvgIpc) is 1.86. The van der Waals surface area contributed by atoms with E-state index in [-0.39, 0.29) is 0 Å². The number of rotatable bonds is 1. The van der Waals surface area contributed by atoms with Crippen LogP contribution in [0.2, 0.25) is 0 Å². The molecule has 2 fully saturated rings. The minimum atomic E-state index is 0.801. The summed E-state index contributed by atoms with van der Waals surface area (Å²) in [6.07, 6.45) is 2.59. The quantitative estimate of drug-likeness (QED) is 0.557. The standard InChI is InChI=1S/C7H14N2O/c1-3-8-4-2-7(1)9-5-10-6-9/h7-8H,1-6H2. The molecule has 3 nitrogen and oxygen atoms in total. The Morgan fingerprint density at radius 3 is 2.40 bits per heavy atom. The highest BCUT2D eigenvalue weighted by atomic mass is 16.5. The number of ether oxygens (including phenoxy) is 1. The predicted octanol–water partition coefficient (Wildman–Crippen LogP) is -0.0144. The van der Waals surface area contributed by atoms with Gasteiger partial charge in [0.15, 0.2) is 0 Å². The molecule has 1 N–H and O–H groups in total. The summed E-state index contributed by atoms with van der Waals surface area (Å²) >= 11 is 0. The second kappa shape index (κ2) is 2.86. The molecule has 0 saturated carbocycles. The van der Waals surface area contributed by atoms with Crippen LogP contribution in [0.1, 0.15) is 12.8 Å². The maximum atomic E-state index is 5.09. The Balaban J connectivity index is 1.78. The SMILES string of the molecule is C1CC(N2COC2)CCN1. The Morgan fingerprint density at radius 2 is 1.90 bits per heavy atom. The molecule has 2 rings (SSSR count). The fourth-order valence-corrected chi connectivity index (χ4v) is 1.58. The maximum Gasteiger partial charge on any atom is 0.103 e. The van der Waals surface area contributed by atoms with Crippen molar-refractivity contribution in [1.82, 2.24) is 10.2 Å². The van der Waals surface area contributed by atoms with Gasteiger partial charge in [-0.3, -0.25) is 4.90 Å². The van der Waals surface area contributed by atoms with Gasteiger partial charge in [0.1, 0.15) is 13.5 Å². The van der Waals surface area contributed by atoms with E-state index in [1.165, 1.54) is 25.9 Å². The van der Waals surface area contributed by atoms with E-state index in [0.717, 1.165) is 19.5 Å². The lowest BCUT2D eigenvalue weighted by Crippen LogP contribution is -2.50. The molecule has 2 saturated heterocycles. The third kappa shape index (κ3) is 1.17. The van der Waals surface area contributed by atoms with Gasteiger partial charge in [-0.15, -0.1) is 0 Å². The molecule has 0 aromatic heterocycles. The number of hydrogen-bond donors (Lipinski definition) is 1. The van der Waals surface area contributed by atoms with Crippen LogP contribution in [0.25, 0.3) is 0 Å².